The molecule has 7 nitrogen and oxygen atoms in total. The average molecular weight is 530 g/mol. The van der Waals surface area contributed by atoms with E-state index in [9.17, 15) is 23.2 Å². The minimum Gasteiger partial charge on any atom is -0.459 e. The number of carbonyl (C=O) groups is 3. The molecule has 0 aliphatic heterocycles. The molecule has 0 bridgehead atoms. The standard InChI is InChI=1S/C30H25F2N3O4/c31-22-9-4-20(25(32)18-22)17-27(36)35-30(14-2-15-30)21-7-12-24(13-8-21)33-28(37)19-5-10-23(11-6-19)34-29(38)26-3-1-16-39-26/h1,3-13,16,18H,2,14-15,17H2,(H,33,37)(H,34,38)(H,35,36). The minimum absolute atomic E-state index is 0.134. The molecule has 0 saturated heterocycles. The summed E-state index contributed by atoms with van der Waals surface area (Å²) < 4.78 is 32.2. The first-order valence-corrected chi connectivity index (χ1v) is 12.4. The fraction of sp³-hybridized carbons (Fsp3) is 0.167. The van der Waals surface area contributed by atoms with Crippen molar-refractivity contribution in [1.29, 1.82) is 0 Å². The maximum atomic E-state index is 14.0. The normalized spacial score (nSPS) is 13.7. The topological polar surface area (TPSA) is 100 Å². The summed E-state index contributed by atoms with van der Waals surface area (Å²) in [6.45, 7) is 0. The second-order valence-corrected chi connectivity index (χ2v) is 9.44. The second kappa shape index (κ2) is 10.9. The van der Waals surface area contributed by atoms with E-state index in [1.54, 1.807) is 48.5 Å². The molecule has 0 radical (unpaired) electrons. The Morgan fingerprint density at radius 2 is 1.49 bits per heavy atom. The first-order valence-electron chi connectivity index (χ1n) is 12.4. The molecule has 0 unspecified atom stereocenters. The number of carbonyl (C=O) groups excluding carboxylic acids is 3. The third kappa shape index (κ3) is 5.87. The summed E-state index contributed by atoms with van der Waals surface area (Å²) in [4.78, 5) is 37.5. The number of hydrogen-bond acceptors (Lipinski definition) is 4. The Balaban J connectivity index is 1.19. The lowest BCUT2D eigenvalue weighted by Gasteiger charge is -2.43. The van der Waals surface area contributed by atoms with Crippen LogP contribution in [0.15, 0.2) is 89.5 Å². The highest BCUT2D eigenvalue weighted by Gasteiger charge is 2.40. The van der Waals surface area contributed by atoms with Gasteiger partial charge in [0.15, 0.2) is 5.76 Å². The second-order valence-electron chi connectivity index (χ2n) is 9.44. The van der Waals surface area contributed by atoms with Crippen molar-refractivity contribution in [3.63, 3.8) is 0 Å². The minimum atomic E-state index is -0.749. The molecule has 1 heterocycles. The van der Waals surface area contributed by atoms with Gasteiger partial charge in [0.25, 0.3) is 11.8 Å². The Hall–Kier alpha value is -4.79. The van der Waals surface area contributed by atoms with Crippen LogP contribution < -0.4 is 16.0 Å². The van der Waals surface area contributed by atoms with E-state index >= 15 is 0 Å². The van der Waals surface area contributed by atoms with Crippen LogP contribution in [-0.2, 0) is 16.8 Å². The van der Waals surface area contributed by atoms with E-state index in [4.69, 9.17) is 4.42 Å². The largest absolute Gasteiger partial charge is 0.459 e. The van der Waals surface area contributed by atoms with Gasteiger partial charge in [-0.25, -0.2) is 8.78 Å². The van der Waals surface area contributed by atoms with Gasteiger partial charge in [-0.05, 0) is 85.0 Å². The van der Waals surface area contributed by atoms with Gasteiger partial charge in [0.2, 0.25) is 5.91 Å². The van der Waals surface area contributed by atoms with E-state index in [1.807, 2.05) is 12.1 Å². The Morgan fingerprint density at radius 3 is 2.08 bits per heavy atom. The molecule has 1 aliphatic carbocycles. The number of amides is 3. The van der Waals surface area contributed by atoms with Gasteiger partial charge in [0.1, 0.15) is 11.6 Å². The van der Waals surface area contributed by atoms with E-state index in [-0.39, 0.29) is 35.5 Å². The van der Waals surface area contributed by atoms with E-state index in [0.29, 0.717) is 16.9 Å². The molecule has 9 heteroatoms. The Morgan fingerprint density at radius 1 is 0.821 bits per heavy atom. The predicted molar refractivity (Wildman–Crippen MR) is 141 cm³/mol. The molecule has 1 aliphatic rings. The quantitative estimate of drug-likeness (QED) is 0.269. The molecule has 1 fully saturated rings. The molecule has 1 saturated carbocycles. The van der Waals surface area contributed by atoms with Crippen LogP contribution in [0.3, 0.4) is 0 Å². The van der Waals surface area contributed by atoms with E-state index in [1.165, 1.54) is 12.3 Å². The smallest absolute Gasteiger partial charge is 0.291 e. The van der Waals surface area contributed by atoms with Crippen molar-refractivity contribution >= 4 is 29.1 Å². The van der Waals surface area contributed by atoms with Gasteiger partial charge in [-0.3, -0.25) is 14.4 Å². The predicted octanol–water partition coefficient (Wildman–Crippen LogP) is 5.80. The van der Waals surface area contributed by atoms with Gasteiger partial charge in [-0.1, -0.05) is 18.2 Å². The summed E-state index contributed by atoms with van der Waals surface area (Å²) in [5, 5.41) is 8.56. The van der Waals surface area contributed by atoms with Crippen LogP contribution in [0.4, 0.5) is 20.2 Å². The van der Waals surface area contributed by atoms with E-state index < -0.39 is 17.2 Å². The van der Waals surface area contributed by atoms with Crippen LogP contribution in [-0.4, -0.2) is 17.7 Å². The number of hydrogen-bond donors (Lipinski definition) is 3. The number of anilines is 2. The summed E-state index contributed by atoms with van der Waals surface area (Å²) in [6.07, 6.45) is 3.63. The molecule has 3 aromatic carbocycles. The zero-order chi connectivity index (χ0) is 27.4. The summed E-state index contributed by atoms with van der Waals surface area (Å²) in [6, 6.07) is 20.0. The van der Waals surface area contributed by atoms with Crippen LogP contribution in [0.1, 0.15) is 51.3 Å². The van der Waals surface area contributed by atoms with Crippen molar-refractivity contribution in [1.82, 2.24) is 5.32 Å². The molecule has 1 aromatic heterocycles. The van der Waals surface area contributed by atoms with Crippen LogP contribution in [0.5, 0.6) is 0 Å². The zero-order valence-electron chi connectivity index (χ0n) is 20.8. The highest BCUT2D eigenvalue weighted by atomic mass is 19.1. The van der Waals surface area contributed by atoms with Crippen molar-refractivity contribution in [2.45, 2.75) is 31.2 Å². The summed E-state index contributed by atoms with van der Waals surface area (Å²) in [7, 11) is 0. The van der Waals surface area contributed by atoms with E-state index in [2.05, 4.69) is 16.0 Å². The maximum absolute atomic E-state index is 14.0. The number of rotatable bonds is 8. The van der Waals surface area contributed by atoms with Crippen molar-refractivity contribution in [3.8, 4) is 0 Å². The number of halogens is 2. The number of furan rings is 1. The SMILES string of the molecule is O=C(Cc1ccc(F)cc1F)NC1(c2ccc(NC(=O)c3ccc(NC(=O)c4ccco4)cc3)cc2)CCC1. The highest BCUT2D eigenvalue weighted by molar-refractivity contribution is 6.05. The fourth-order valence-corrected chi connectivity index (χ4v) is 4.55. The van der Waals surface area contributed by atoms with Gasteiger partial charge in [-0.2, -0.15) is 0 Å². The lowest BCUT2D eigenvalue weighted by atomic mass is 9.71. The van der Waals surface area contributed by atoms with Gasteiger partial charge in [0.05, 0.1) is 18.2 Å². The zero-order valence-corrected chi connectivity index (χ0v) is 20.8. The van der Waals surface area contributed by atoms with Gasteiger partial charge < -0.3 is 20.4 Å². The van der Waals surface area contributed by atoms with Crippen molar-refractivity contribution in [2.75, 3.05) is 10.6 Å². The fourth-order valence-electron chi connectivity index (χ4n) is 4.55. The lowest BCUT2D eigenvalue weighted by Crippen LogP contribution is -2.51. The Kier molecular flexibility index (Phi) is 7.23. The van der Waals surface area contributed by atoms with Crippen molar-refractivity contribution in [2.24, 2.45) is 0 Å². The Bertz CT molecular complexity index is 1500. The number of nitrogens with one attached hydrogen (secondary N) is 3. The van der Waals surface area contributed by atoms with Crippen LogP contribution in [0, 0.1) is 11.6 Å². The van der Waals surface area contributed by atoms with Crippen LogP contribution in [0.2, 0.25) is 0 Å². The molecule has 5 rings (SSSR count). The maximum Gasteiger partial charge on any atom is 0.291 e. The van der Waals surface area contributed by atoms with Crippen molar-refractivity contribution < 1.29 is 27.6 Å². The van der Waals surface area contributed by atoms with Crippen molar-refractivity contribution in [3.05, 3.63) is 119 Å². The molecule has 0 atom stereocenters. The molecule has 3 N–H and O–H groups in total. The van der Waals surface area contributed by atoms with E-state index in [0.717, 1.165) is 37.0 Å². The first-order chi connectivity index (χ1) is 18.8. The van der Waals surface area contributed by atoms with Crippen LogP contribution >= 0.6 is 0 Å². The molecule has 39 heavy (non-hydrogen) atoms. The van der Waals surface area contributed by atoms with Crippen LogP contribution in [0.25, 0.3) is 0 Å². The summed E-state index contributed by atoms with van der Waals surface area (Å²) in [5.74, 6) is -2.31. The molecule has 4 aromatic rings. The summed E-state index contributed by atoms with van der Waals surface area (Å²) in [5.41, 5.74) is 1.96. The molecule has 198 valence electrons. The van der Waals surface area contributed by atoms with Gasteiger partial charge in [0, 0.05) is 23.0 Å². The molecular formula is C30H25F2N3O4. The average Bonchev–Trinajstić information content (AvgIpc) is 3.44. The van der Waals surface area contributed by atoms with Gasteiger partial charge >= 0.3 is 0 Å². The van der Waals surface area contributed by atoms with Gasteiger partial charge in [-0.15, -0.1) is 0 Å². The summed E-state index contributed by atoms with van der Waals surface area (Å²) >= 11 is 0. The lowest BCUT2D eigenvalue weighted by molar-refractivity contribution is -0.123. The Labute approximate surface area is 223 Å². The molecule has 0 spiro atoms. The third-order valence-electron chi connectivity index (χ3n) is 6.80. The monoisotopic (exact) mass is 529 g/mol. The third-order valence-corrected chi connectivity index (χ3v) is 6.80. The highest BCUT2D eigenvalue weighted by Crippen LogP contribution is 2.41. The first kappa shape index (κ1) is 25.8. The molecule has 3 amide bonds. The number of benzene rings is 3. The molecular weight excluding hydrogens is 504 g/mol.